The number of piperidine rings is 1. The Balaban J connectivity index is 1.64. The van der Waals surface area contributed by atoms with Crippen molar-refractivity contribution in [3.05, 3.63) is 53.3 Å². The summed E-state index contributed by atoms with van der Waals surface area (Å²) in [7, 11) is 1.66. The van der Waals surface area contributed by atoms with Crippen LogP contribution >= 0.6 is 0 Å². The van der Waals surface area contributed by atoms with Gasteiger partial charge in [0, 0.05) is 39.5 Å². The number of aryl methyl sites for hydroxylation is 1. The Morgan fingerprint density at radius 2 is 2.00 bits per heavy atom. The fourth-order valence-electron chi connectivity index (χ4n) is 3.83. The van der Waals surface area contributed by atoms with E-state index in [1.54, 1.807) is 29.0 Å². The molecular weight excluding hydrogens is 368 g/mol. The molecule has 2 heterocycles. The predicted octanol–water partition coefficient (Wildman–Crippen LogP) is 2.61. The number of methoxy groups -OCH3 is 1. The number of hydrogen-bond acceptors (Lipinski definition) is 4. The topological polar surface area (TPSA) is 76.5 Å². The highest BCUT2D eigenvalue weighted by molar-refractivity contribution is 5.93. The lowest BCUT2D eigenvalue weighted by molar-refractivity contribution is -0.132. The summed E-state index contributed by atoms with van der Waals surface area (Å²) in [4.78, 5) is 27.6. The van der Waals surface area contributed by atoms with Gasteiger partial charge in [-0.1, -0.05) is 24.3 Å². The average Bonchev–Trinajstić information content (AvgIpc) is 3.22. The van der Waals surface area contributed by atoms with Crippen molar-refractivity contribution in [3.8, 4) is 0 Å². The Hall–Kier alpha value is -2.67. The van der Waals surface area contributed by atoms with Crippen LogP contribution in [-0.2, 0) is 29.2 Å². The first-order valence-electron chi connectivity index (χ1n) is 10.1. The third kappa shape index (κ3) is 4.85. The molecule has 1 aromatic carbocycles. The lowest BCUT2D eigenvalue weighted by Crippen LogP contribution is -2.51. The summed E-state index contributed by atoms with van der Waals surface area (Å²) in [6.45, 7) is 6.65. The van der Waals surface area contributed by atoms with E-state index in [4.69, 9.17) is 4.74 Å². The lowest BCUT2D eigenvalue weighted by Gasteiger charge is -2.39. The summed E-state index contributed by atoms with van der Waals surface area (Å²) >= 11 is 0. The molecule has 1 unspecified atom stereocenters. The van der Waals surface area contributed by atoms with Crippen LogP contribution in [0.5, 0.6) is 0 Å². The molecule has 7 nitrogen and oxygen atoms in total. The first-order chi connectivity index (χ1) is 14.0. The maximum atomic E-state index is 13.0. The van der Waals surface area contributed by atoms with E-state index in [0.717, 1.165) is 30.5 Å². The Kier molecular flexibility index (Phi) is 6.69. The van der Waals surface area contributed by atoms with Crippen molar-refractivity contribution >= 4 is 11.8 Å². The van der Waals surface area contributed by atoms with Gasteiger partial charge in [0.15, 0.2) is 0 Å². The molecule has 1 atom stereocenters. The number of hydrogen-bond donors (Lipinski definition) is 1. The highest BCUT2D eigenvalue weighted by Crippen LogP contribution is 2.30. The maximum absolute atomic E-state index is 13.0. The van der Waals surface area contributed by atoms with Crippen molar-refractivity contribution in [1.29, 1.82) is 0 Å². The van der Waals surface area contributed by atoms with Crippen LogP contribution < -0.4 is 5.32 Å². The Morgan fingerprint density at radius 3 is 2.69 bits per heavy atom. The monoisotopic (exact) mass is 398 g/mol. The Labute approximate surface area is 172 Å². The molecule has 1 fully saturated rings. The molecule has 0 saturated carbocycles. The van der Waals surface area contributed by atoms with Crippen molar-refractivity contribution < 1.29 is 14.3 Å². The largest absolute Gasteiger partial charge is 0.380 e. The summed E-state index contributed by atoms with van der Waals surface area (Å²) < 4.78 is 6.98. The van der Waals surface area contributed by atoms with Crippen molar-refractivity contribution in [2.75, 3.05) is 20.2 Å². The van der Waals surface area contributed by atoms with Gasteiger partial charge in [-0.25, -0.2) is 0 Å². The van der Waals surface area contributed by atoms with Gasteiger partial charge in [-0.2, -0.15) is 5.10 Å². The van der Waals surface area contributed by atoms with Gasteiger partial charge in [-0.15, -0.1) is 0 Å². The van der Waals surface area contributed by atoms with E-state index in [9.17, 15) is 9.59 Å². The molecule has 0 aliphatic carbocycles. The van der Waals surface area contributed by atoms with Crippen molar-refractivity contribution in [2.24, 2.45) is 5.41 Å². The van der Waals surface area contributed by atoms with Crippen LogP contribution in [-0.4, -0.2) is 46.7 Å². The van der Waals surface area contributed by atoms with Crippen LogP contribution in [0.4, 0.5) is 0 Å². The summed E-state index contributed by atoms with van der Waals surface area (Å²) in [6, 6.07) is 9.66. The highest BCUT2D eigenvalue weighted by atomic mass is 16.5. The second-order valence-corrected chi connectivity index (χ2v) is 7.83. The fourth-order valence-corrected chi connectivity index (χ4v) is 3.83. The molecule has 7 heteroatoms. The number of amides is 2. The number of aromatic nitrogens is 2. The van der Waals surface area contributed by atoms with Crippen molar-refractivity contribution in [1.82, 2.24) is 20.0 Å². The van der Waals surface area contributed by atoms with Crippen molar-refractivity contribution in [2.45, 2.75) is 46.4 Å². The summed E-state index contributed by atoms with van der Waals surface area (Å²) in [5.41, 5.74) is 1.93. The lowest BCUT2D eigenvalue weighted by atomic mass is 9.80. The second kappa shape index (κ2) is 9.22. The summed E-state index contributed by atoms with van der Waals surface area (Å²) in [5, 5.41) is 7.38. The summed E-state index contributed by atoms with van der Waals surface area (Å²) in [6.07, 6.45) is 3.36. The smallest absolute Gasteiger partial charge is 0.274 e. The number of carbonyl (C=O) groups is 2. The maximum Gasteiger partial charge on any atom is 0.274 e. The number of likely N-dealkylation sites (tertiary alicyclic amines) is 1. The van der Waals surface area contributed by atoms with Crippen LogP contribution in [0.1, 0.15) is 48.3 Å². The first kappa shape index (κ1) is 21.0. The van der Waals surface area contributed by atoms with Gasteiger partial charge in [0.25, 0.3) is 5.91 Å². The van der Waals surface area contributed by atoms with Gasteiger partial charge in [-0.3, -0.25) is 14.3 Å². The van der Waals surface area contributed by atoms with Gasteiger partial charge in [0.2, 0.25) is 5.91 Å². The summed E-state index contributed by atoms with van der Waals surface area (Å²) in [5.74, 6) is -0.136. The second-order valence-electron chi connectivity index (χ2n) is 7.83. The molecule has 0 radical (unpaired) electrons. The number of rotatable bonds is 7. The van der Waals surface area contributed by atoms with Crippen LogP contribution in [0.15, 0.2) is 36.5 Å². The van der Waals surface area contributed by atoms with E-state index in [2.05, 4.69) is 10.4 Å². The van der Waals surface area contributed by atoms with Gasteiger partial charge >= 0.3 is 0 Å². The SMILES string of the molecule is CCn1ccc(C(=O)N2CCCC(C)(C(=O)NCc3ccccc3COC)C2)n1. The number of nitrogens with zero attached hydrogens (tertiary/aromatic N) is 3. The number of benzene rings is 1. The molecule has 1 aliphatic heterocycles. The van der Waals surface area contributed by atoms with Crippen LogP contribution in [0.25, 0.3) is 0 Å². The molecule has 156 valence electrons. The highest BCUT2D eigenvalue weighted by Gasteiger charge is 2.39. The van der Waals surface area contributed by atoms with E-state index < -0.39 is 5.41 Å². The van der Waals surface area contributed by atoms with E-state index >= 15 is 0 Å². The molecule has 1 aromatic heterocycles. The molecule has 3 rings (SSSR count). The molecule has 0 bridgehead atoms. The third-order valence-corrected chi connectivity index (χ3v) is 5.57. The van der Waals surface area contributed by atoms with Gasteiger partial charge < -0.3 is 15.0 Å². The predicted molar refractivity (Wildman–Crippen MR) is 110 cm³/mol. The minimum absolute atomic E-state index is 0.0266. The molecular formula is C22H30N4O3. The quantitative estimate of drug-likeness (QED) is 0.778. The molecule has 2 aromatic rings. The zero-order valence-electron chi connectivity index (χ0n) is 17.5. The fraction of sp³-hybridized carbons (Fsp3) is 0.500. The minimum Gasteiger partial charge on any atom is -0.380 e. The van der Waals surface area contributed by atoms with Crippen LogP contribution in [0.2, 0.25) is 0 Å². The molecule has 29 heavy (non-hydrogen) atoms. The normalized spacial score (nSPS) is 19.2. The average molecular weight is 399 g/mol. The van der Waals surface area contributed by atoms with Gasteiger partial charge in [0.1, 0.15) is 5.69 Å². The zero-order chi connectivity index (χ0) is 20.9. The van der Waals surface area contributed by atoms with Crippen molar-refractivity contribution in [3.63, 3.8) is 0 Å². The Bertz CT molecular complexity index is 863. The van der Waals surface area contributed by atoms with Gasteiger partial charge in [-0.05, 0) is 43.9 Å². The molecule has 0 spiro atoms. The minimum atomic E-state index is -0.614. The van der Waals surface area contributed by atoms with Crippen LogP contribution in [0, 0.1) is 5.41 Å². The number of ether oxygens (including phenoxy) is 1. The molecule has 1 aliphatic rings. The van der Waals surface area contributed by atoms with E-state index in [-0.39, 0.29) is 11.8 Å². The van der Waals surface area contributed by atoms with E-state index in [0.29, 0.717) is 31.9 Å². The third-order valence-electron chi connectivity index (χ3n) is 5.57. The standard InChI is InChI=1S/C22H30N4O3/c1-4-26-13-10-19(24-26)20(27)25-12-7-11-22(2,16-25)21(28)23-14-17-8-5-6-9-18(17)15-29-3/h5-6,8-10,13H,4,7,11-12,14-16H2,1-3H3,(H,23,28). The van der Waals surface area contributed by atoms with Gasteiger partial charge in [0.05, 0.1) is 12.0 Å². The molecule has 2 amide bonds. The zero-order valence-corrected chi connectivity index (χ0v) is 17.5. The van der Waals surface area contributed by atoms with E-state index in [1.807, 2.05) is 38.1 Å². The number of carbonyl (C=O) groups excluding carboxylic acids is 2. The number of nitrogens with one attached hydrogen (secondary N) is 1. The van der Waals surface area contributed by atoms with Crippen LogP contribution in [0.3, 0.4) is 0 Å². The Morgan fingerprint density at radius 1 is 1.24 bits per heavy atom. The molecule has 1 N–H and O–H groups in total. The van der Waals surface area contributed by atoms with E-state index in [1.165, 1.54) is 0 Å². The molecule has 1 saturated heterocycles. The first-order valence-corrected chi connectivity index (χ1v) is 10.1.